The first-order chi connectivity index (χ1) is 17.1. The molecule has 0 bridgehead atoms. The molecular weight excluding hydrogens is 458 g/mol. The van der Waals surface area contributed by atoms with E-state index in [-0.39, 0.29) is 17.4 Å². The van der Waals surface area contributed by atoms with E-state index in [1.54, 1.807) is 25.3 Å². The quantitative estimate of drug-likeness (QED) is 0.243. The third-order valence-corrected chi connectivity index (χ3v) is 6.42. The van der Waals surface area contributed by atoms with E-state index >= 15 is 0 Å². The largest absolute Gasteiger partial charge is 0.385 e. The Hall–Kier alpha value is -3.55. The Morgan fingerprint density at radius 1 is 1.03 bits per heavy atom. The van der Waals surface area contributed by atoms with E-state index in [9.17, 15) is 9.59 Å². The summed E-state index contributed by atoms with van der Waals surface area (Å²) in [6, 6.07) is 25.7. The van der Waals surface area contributed by atoms with Crippen molar-refractivity contribution in [1.82, 2.24) is 14.9 Å². The molecule has 0 saturated carbocycles. The smallest absolute Gasteiger partial charge is 0.262 e. The fraction of sp³-hybridized carbons (Fsp3) is 0.250. The Morgan fingerprint density at radius 2 is 1.69 bits per heavy atom. The van der Waals surface area contributed by atoms with Crippen molar-refractivity contribution in [2.75, 3.05) is 20.3 Å². The van der Waals surface area contributed by atoms with Gasteiger partial charge in [0.15, 0.2) is 4.77 Å². The number of methoxy groups -OCH3 is 1. The predicted octanol–water partition coefficient (Wildman–Crippen LogP) is 5.05. The van der Waals surface area contributed by atoms with Crippen LogP contribution in [0.15, 0.2) is 83.7 Å². The molecule has 0 aliphatic heterocycles. The van der Waals surface area contributed by atoms with Crippen LogP contribution in [0.2, 0.25) is 0 Å². The molecule has 6 nitrogen and oxygen atoms in total. The van der Waals surface area contributed by atoms with E-state index in [0.29, 0.717) is 47.4 Å². The minimum atomic E-state index is -0.185. The summed E-state index contributed by atoms with van der Waals surface area (Å²) >= 11 is 5.38. The molecule has 4 aromatic rings. The van der Waals surface area contributed by atoms with Crippen LogP contribution in [-0.4, -0.2) is 35.7 Å². The number of benzene rings is 3. The van der Waals surface area contributed by atoms with E-state index in [2.05, 4.69) is 34.6 Å². The van der Waals surface area contributed by atoms with Crippen LogP contribution in [0.1, 0.15) is 40.2 Å². The molecule has 0 spiro atoms. The number of fused-ring (bicyclic) bond motifs is 1. The lowest BCUT2D eigenvalue weighted by atomic mass is 9.88. The van der Waals surface area contributed by atoms with Crippen molar-refractivity contribution in [3.05, 3.63) is 111 Å². The molecule has 1 heterocycles. The van der Waals surface area contributed by atoms with E-state index < -0.39 is 0 Å². The highest BCUT2D eigenvalue weighted by atomic mass is 32.1. The number of ether oxygens (including phenoxy) is 1. The van der Waals surface area contributed by atoms with Gasteiger partial charge in [-0.15, -0.1) is 0 Å². The van der Waals surface area contributed by atoms with Crippen molar-refractivity contribution in [3.8, 4) is 0 Å². The minimum Gasteiger partial charge on any atom is -0.385 e. The van der Waals surface area contributed by atoms with Gasteiger partial charge in [-0.25, -0.2) is 0 Å². The number of hydrogen-bond donors (Lipinski definition) is 2. The number of H-pyrrole nitrogens is 1. The fourth-order valence-corrected chi connectivity index (χ4v) is 4.58. The Labute approximate surface area is 209 Å². The van der Waals surface area contributed by atoms with Gasteiger partial charge in [-0.3, -0.25) is 14.2 Å². The maximum atomic E-state index is 12.9. The zero-order chi connectivity index (χ0) is 24.6. The normalized spacial score (nSPS) is 11.1. The van der Waals surface area contributed by atoms with Crippen LogP contribution in [0.5, 0.6) is 0 Å². The molecule has 1 aromatic heterocycles. The second-order valence-electron chi connectivity index (χ2n) is 8.41. The summed E-state index contributed by atoms with van der Waals surface area (Å²) < 4.78 is 6.94. The molecule has 0 radical (unpaired) electrons. The van der Waals surface area contributed by atoms with Crippen molar-refractivity contribution in [2.24, 2.45) is 0 Å². The first-order valence-corrected chi connectivity index (χ1v) is 12.1. The molecule has 0 aliphatic rings. The average Bonchev–Trinajstić information content (AvgIpc) is 2.89. The number of nitrogens with zero attached hydrogens (tertiary/aromatic N) is 1. The van der Waals surface area contributed by atoms with Crippen LogP contribution < -0.4 is 10.9 Å². The first kappa shape index (κ1) is 24.6. The van der Waals surface area contributed by atoms with Gasteiger partial charge in [0.2, 0.25) is 0 Å². The number of carbonyl (C=O) groups excluding carboxylic acids is 1. The van der Waals surface area contributed by atoms with Gasteiger partial charge in [0.05, 0.1) is 10.9 Å². The van der Waals surface area contributed by atoms with Gasteiger partial charge >= 0.3 is 0 Å². The SMILES string of the molecule is COCCCn1c(=S)[nH]c2cc(C(=O)NCCC(c3ccccc3)c3ccccc3)ccc2c1=O. The standard InChI is InChI=1S/C28H29N3O3S/c1-34-18-8-17-31-27(33)24-14-13-22(19-25(24)30-28(31)35)26(32)29-16-15-23(20-9-4-2-5-10-20)21-11-6-3-7-12-21/h2-7,9-14,19,23H,8,15-18H2,1H3,(H,29,32)(H,30,35). The predicted molar refractivity (Wildman–Crippen MR) is 142 cm³/mol. The maximum Gasteiger partial charge on any atom is 0.262 e. The Bertz CT molecular complexity index is 1360. The summed E-state index contributed by atoms with van der Waals surface area (Å²) in [6.45, 7) is 1.54. The second-order valence-corrected chi connectivity index (χ2v) is 8.80. The highest BCUT2D eigenvalue weighted by molar-refractivity contribution is 7.71. The van der Waals surface area contributed by atoms with Crippen LogP contribution in [-0.2, 0) is 11.3 Å². The number of aromatic nitrogens is 2. The molecule has 0 unspecified atom stereocenters. The number of amides is 1. The molecule has 7 heteroatoms. The van der Waals surface area contributed by atoms with Crippen molar-refractivity contribution in [1.29, 1.82) is 0 Å². The third kappa shape index (κ3) is 5.93. The number of rotatable bonds is 10. The molecule has 4 rings (SSSR count). The zero-order valence-corrected chi connectivity index (χ0v) is 20.5. The number of nitrogens with one attached hydrogen (secondary N) is 2. The van der Waals surface area contributed by atoms with Gasteiger partial charge in [-0.1, -0.05) is 60.7 Å². The molecule has 0 fully saturated rings. The topological polar surface area (TPSA) is 76.1 Å². The van der Waals surface area contributed by atoms with E-state index in [1.165, 1.54) is 15.7 Å². The molecule has 0 aliphatic carbocycles. The second kappa shape index (κ2) is 11.7. The van der Waals surface area contributed by atoms with E-state index in [0.717, 1.165) is 6.42 Å². The lowest BCUT2D eigenvalue weighted by Gasteiger charge is -2.18. The highest BCUT2D eigenvalue weighted by Gasteiger charge is 2.15. The summed E-state index contributed by atoms with van der Waals surface area (Å²) in [4.78, 5) is 28.9. The number of carbonyl (C=O) groups is 1. The summed E-state index contributed by atoms with van der Waals surface area (Å²) in [5.74, 6) is -0.00245. The molecular formula is C28H29N3O3S. The van der Waals surface area contributed by atoms with Gasteiger partial charge in [-0.05, 0) is 54.4 Å². The molecule has 3 aromatic carbocycles. The highest BCUT2D eigenvalue weighted by Crippen LogP contribution is 2.27. The van der Waals surface area contributed by atoms with Crippen LogP contribution in [0.25, 0.3) is 10.9 Å². The Kier molecular flexibility index (Phi) is 8.23. The molecule has 0 saturated heterocycles. The molecule has 0 atom stereocenters. The Morgan fingerprint density at radius 3 is 2.31 bits per heavy atom. The molecule has 2 N–H and O–H groups in total. The summed E-state index contributed by atoms with van der Waals surface area (Å²) in [5.41, 5.74) is 3.30. The minimum absolute atomic E-state index is 0.166. The van der Waals surface area contributed by atoms with Gasteiger partial charge in [-0.2, -0.15) is 0 Å². The summed E-state index contributed by atoms with van der Waals surface area (Å²) in [7, 11) is 1.62. The van der Waals surface area contributed by atoms with Gasteiger partial charge < -0.3 is 15.0 Å². The van der Waals surface area contributed by atoms with E-state index in [1.807, 2.05) is 36.4 Å². The van der Waals surface area contributed by atoms with Crippen molar-refractivity contribution < 1.29 is 9.53 Å². The lowest BCUT2D eigenvalue weighted by Crippen LogP contribution is -2.26. The van der Waals surface area contributed by atoms with Crippen LogP contribution in [0.3, 0.4) is 0 Å². The van der Waals surface area contributed by atoms with Crippen LogP contribution in [0.4, 0.5) is 0 Å². The first-order valence-electron chi connectivity index (χ1n) is 11.7. The summed E-state index contributed by atoms with van der Waals surface area (Å²) in [6.07, 6.45) is 1.45. The van der Waals surface area contributed by atoms with Crippen molar-refractivity contribution in [3.63, 3.8) is 0 Å². The van der Waals surface area contributed by atoms with Crippen LogP contribution >= 0.6 is 12.2 Å². The maximum absolute atomic E-state index is 12.9. The third-order valence-electron chi connectivity index (χ3n) is 6.10. The Balaban J connectivity index is 1.48. The van der Waals surface area contributed by atoms with E-state index in [4.69, 9.17) is 17.0 Å². The average molecular weight is 488 g/mol. The monoisotopic (exact) mass is 487 g/mol. The lowest BCUT2D eigenvalue weighted by molar-refractivity contribution is 0.0953. The fourth-order valence-electron chi connectivity index (χ4n) is 4.29. The van der Waals surface area contributed by atoms with Crippen molar-refractivity contribution in [2.45, 2.75) is 25.3 Å². The van der Waals surface area contributed by atoms with Gasteiger partial charge in [0, 0.05) is 38.3 Å². The molecule has 180 valence electrons. The van der Waals surface area contributed by atoms with Crippen LogP contribution in [0, 0.1) is 4.77 Å². The molecule has 1 amide bonds. The number of hydrogen-bond acceptors (Lipinski definition) is 4. The number of aromatic amines is 1. The molecule has 35 heavy (non-hydrogen) atoms. The van der Waals surface area contributed by atoms with Crippen molar-refractivity contribution >= 4 is 29.0 Å². The van der Waals surface area contributed by atoms with Gasteiger partial charge in [0.1, 0.15) is 0 Å². The van der Waals surface area contributed by atoms with Gasteiger partial charge in [0.25, 0.3) is 11.5 Å². The summed E-state index contributed by atoms with van der Waals surface area (Å²) in [5, 5.41) is 3.53. The zero-order valence-electron chi connectivity index (χ0n) is 19.7.